The summed E-state index contributed by atoms with van der Waals surface area (Å²) < 4.78 is 40.0. The predicted molar refractivity (Wildman–Crippen MR) is 115 cm³/mol. The zero-order chi connectivity index (χ0) is 22.6. The Morgan fingerprint density at radius 2 is 1.65 bits per heavy atom. The number of hydrogen-bond donors (Lipinski definition) is 3. The topological polar surface area (TPSA) is 93.9 Å². The van der Waals surface area contributed by atoms with E-state index in [0.29, 0.717) is 16.1 Å². The first-order valence-corrected chi connectivity index (χ1v) is 9.98. The van der Waals surface area contributed by atoms with Gasteiger partial charge in [0.25, 0.3) is 0 Å². The summed E-state index contributed by atoms with van der Waals surface area (Å²) in [6.07, 6.45) is -6.15. The maximum absolute atomic E-state index is 13.3. The highest BCUT2D eigenvalue weighted by molar-refractivity contribution is 8.14. The minimum atomic E-state index is -4.61. The lowest BCUT2D eigenvalue weighted by Crippen LogP contribution is -2.13. The smallest absolute Gasteiger partial charge is 0.398 e. The number of hydrogen-bond acceptors (Lipinski definition) is 5. The van der Waals surface area contributed by atoms with E-state index in [2.05, 4.69) is 6.07 Å². The van der Waals surface area contributed by atoms with Crippen molar-refractivity contribution in [3.8, 4) is 6.07 Å². The van der Waals surface area contributed by atoms with Gasteiger partial charge in [-0.2, -0.15) is 18.4 Å². The number of alkyl halides is 3. The molecule has 0 fully saturated rings. The van der Waals surface area contributed by atoms with Gasteiger partial charge in [0.15, 0.2) is 0 Å². The zero-order valence-corrected chi connectivity index (χ0v) is 16.9. The first-order chi connectivity index (χ1) is 14.7. The Balaban J connectivity index is 1.91. The number of rotatable bonds is 5. The van der Waals surface area contributed by atoms with Crippen LogP contribution in [0.15, 0.2) is 77.7 Å². The third kappa shape index (κ3) is 5.08. The van der Waals surface area contributed by atoms with E-state index in [0.717, 1.165) is 17.8 Å². The summed E-state index contributed by atoms with van der Waals surface area (Å²) in [5.41, 5.74) is 5.78. The van der Waals surface area contributed by atoms with Crippen molar-refractivity contribution in [3.63, 3.8) is 0 Å². The Morgan fingerprint density at radius 3 is 2.32 bits per heavy atom. The second kappa shape index (κ2) is 9.25. The van der Waals surface area contributed by atoms with E-state index in [9.17, 15) is 23.5 Å². The Kier molecular flexibility index (Phi) is 6.68. The summed E-state index contributed by atoms with van der Waals surface area (Å²) in [5, 5.41) is 28.7. The minimum Gasteiger partial charge on any atom is -0.398 e. The molecule has 4 nitrogen and oxygen atoms in total. The maximum Gasteiger partial charge on any atom is 0.416 e. The Labute approximate surface area is 181 Å². The summed E-state index contributed by atoms with van der Waals surface area (Å²) in [7, 11) is 0. The largest absolute Gasteiger partial charge is 0.416 e. The normalized spacial score (nSPS) is 13.3. The highest BCUT2D eigenvalue weighted by atomic mass is 32.2. The van der Waals surface area contributed by atoms with Crippen LogP contribution in [0.4, 0.5) is 18.9 Å². The van der Waals surface area contributed by atoms with Gasteiger partial charge in [0, 0.05) is 10.6 Å². The van der Waals surface area contributed by atoms with Crippen molar-refractivity contribution in [3.05, 3.63) is 95.1 Å². The van der Waals surface area contributed by atoms with Crippen LogP contribution >= 0.6 is 11.8 Å². The Bertz CT molecular complexity index is 1140. The minimum absolute atomic E-state index is 0.0164. The van der Waals surface area contributed by atoms with Gasteiger partial charge in [0.05, 0.1) is 16.7 Å². The molecular weight excluding hydrogens is 423 g/mol. The van der Waals surface area contributed by atoms with Crippen LogP contribution in [0.1, 0.15) is 34.3 Å². The van der Waals surface area contributed by atoms with Crippen LogP contribution in [0.25, 0.3) is 0 Å². The van der Waals surface area contributed by atoms with Gasteiger partial charge in [-0.3, -0.25) is 5.41 Å². The van der Waals surface area contributed by atoms with Crippen LogP contribution in [0.5, 0.6) is 0 Å². The number of nitrogens with one attached hydrogen (secondary N) is 1. The first kappa shape index (κ1) is 22.4. The van der Waals surface area contributed by atoms with E-state index >= 15 is 0 Å². The van der Waals surface area contributed by atoms with Gasteiger partial charge in [-0.1, -0.05) is 66.4 Å². The number of halogens is 3. The number of benzene rings is 3. The summed E-state index contributed by atoms with van der Waals surface area (Å²) >= 11 is 1.04. The molecule has 3 aromatic rings. The maximum atomic E-state index is 13.3. The third-order valence-corrected chi connectivity index (χ3v) is 5.70. The highest BCUT2D eigenvalue weighted by Gasteiger charge is 2.35. The Morgan fingerprint density at radius 1 is 1.00 bits per heavy atom. The van der Waals surface area contributed by atoms with Crippen LogP contribution in [0.3, 0.4) is 0 Å². The second-order valence-electron chi connectivity index (χ2n) is 6.72. The number of anilines is 1. The van der Waals surface area contributed by atoms with E-state index in [1.807, 2.05) is 0 Å². The Hall–Kier alpha value is -3.28. The number of para-hydroxylation sites is 1. The fourth-order valence-electron chi connectivity index (χ4n) is 3.12. The fourth-order valence-corrected chi connectivity index (χ4v) is 3.99. The quantitative estimate of drug-likeness (QED) is 0.203. The lowest BCUT2D eigenvalue weighted by Gasteiger charge is -2.19. The molecule has 158 valence electrons. The average Bonchev–Trinajstić information content (AvgIpc) is 2.75. The van der Waals surface area contributed by atoms with Crippen LogP contribution in [-0.4, -0.2) is 10.2 Å². The molecule has 4 N–H and O–H groups in total. The van der Waals surface area contributed by atoms with Crippen LogP contribution in [-0.2, 0) is 6.18 Å². The summed E-state index contributed by atoms with van der Waals surface area (Å²) in [4.78, 5) is 0.628. The van der Waals surface area contributed by atoms with E-state index in [4.69, 9.17) is 11.1 Å². The molecule has 0 amide bonds. The number of nitrogens with zero attached hydrogens (tertiary/aromatic N) is 1. The van der Waals surface area contributed by atoms with E-state index in [1.165, 1.54) is 30.3 Å². The molecule has 31 heavy (non-hydrogen) atoms. The lowest BCUT2D eigenvalue weighted by molar-refractivity contribution is -0.139. The monoisotopic (exact) mass is 441 g/mol. The van der Waals surface area contributed by atoms with Gasteiger partial charge in [-0.15, -0.1) is 0 Å². The molecule has 8 heteroatoms. The first-order valence-electron chi connectivity index (χ1n) is 9.17. The van der Waals surface area contributed by atoms with Gasteiger partial charge in [0.2, 0.25) is 0 Å². The average molecular weight is 441 g/mol. The van der Waals surface area contributed by atoms with Crippen molar-refractivity contribution in [1.82, 2.24) is 0 Å². The molecule has 0 aliphatic heterocycles. The predicted octanol–water partition coefficient (Wildman–Crippen LogP) is 5.75. The van der Waals surface area contributed by atoms with Crippen molar-refractivity contribution >= 4 is 22.5 Å². The number of thioether (sulfide) groups is 1. The zero-order valence-electron chi connectivity index (χ0n) is 16.1. The number of aliphatic hydroxyl groups excluding tert-OH is 1. The molecule has 0 aromatic heterocycles. The number of nitrogens with two attached hydrogens (primary N) is 1. The van der Waals surface area contributed by atoms with Crippen molar-refractivity contribution in [2.45, 2.75) is 23.1 Å². The van der Waals surface area contributed by atoms with Crippen molar-refractivity contribution in [2.24, 2.45) is 0 Å². The van der Waals surface area contributed by atoms with E-state index < -0.39 is 23.8 Å². The summed E-state index contributed by atoms with van der Waals surface area (Å²) in [6.45, 7) is 0. The molecule has 0 heterocycles. The van der Waals surface area contributed by atoms with Gasteiger partial charge >= 0.3 is 6.18 Å². The summed E-state index contributed by atoms with van der Waals surface area (Å²) in [6, 6.07) is 19.9. The molecular formula is C23H18F3N3OS. The van der Waals surface area contributed by atoms with Gasteiger partial charge < -0.3 is 10.8 Å². The highest BCUT2D eigenvalue weighted by Crippen LogP contribution is 2.37. The van der Waals surface area contributed by atoms with Crippen molar-refractivity contribution in [2.75, 3.05) is 5.73 Å². The standard InChI is InChI=1S/C23H18F3N3OS/c24-23(25,26)18-9-2-1-8-16(18)21(30)15-7-5-6-14(12-15)17(13-27)22(29)31-20-11-4-3-10-19(20)28/h1-12,17,21,29-30H,28H2. The van der Waals surface area contributed by atoms with Crippen LogP contribution in [0.2, 0.25) is 0 Å². The van der Waals surface area contributed by atoms with Crippen LogP contribution in [0, 0.1) is 16.7 Å². The summed E-state index contributed by atoms with van der Waals surface area (Å²) in [5.74, 6) is -0.963. The molecule has 0 saturated carbocycles. The molecule has 0 aliphatic carbocycles. The van der Waals surface area contributed by atoms with Gasteiger partial charge in [-0.05, 0) is 34.9 Å². The molecule has 3 aromatic carbocycles. The molecule has 3 rings (SSSR count). The molecule has 0 spiro atoms. The third-order valence-electron chi connectivity index (χ3n) is 4.65. The van der Waals surface area contributed by atoms with Crippen molar-refractivity contribution < 1.29 is 18.3 Å². The number of aliphatic hydroxyl groups is 1. The molecule has 0 aliphatic rings. The number of nitrogen functional groups attached to an aromatic ring is 1. The molecule has 2 atom stereocenters. The van der Waals surface area contributed by atoms with Gasteiger partial charge in [0.1, 0.15) is 12.0 Å². The fraction of sp³-hybridized carbons (Fsp3) is 0.130. The van der Waals surface area contributed by atoms with Crippen molar-refractivity contribution in [1.29, 1.82) is 10.7 Å². The van der Waals surface area contributed by atoms with E-state index in [1.54, 1.807) is 36.4 Å². The van der Waals surface area contributed by atoms with E-state index in [-0.39, 0.29) is 16.2 Å². The molecule has 2 unspecified atom stereocenters. The lowest BCUT2D eigenvalue weighted by atomic mass is 9.93. The number of nitriles is 1. The second-order valence-corrected chi connectivity index (χ2v) is 7.81. The molecule has 0 bridgehead atoms. The van der Waals surface area contributed by atoms with Crippen LogP contribution < -0.4 is 5.73 Å². The SMILES string of the molecule is N#CC(C(=N)Sc1ccccc1N)c1cccc(C(O)c2ccccc2C(F)(F)F)c1. The molecule has 0 radical (unpaired) electrons. The molecule has 0 saturated heterocycles. The van der Waals surface area contributed by atoms with Gasteiger partial charge in [-0.25, -0.2) is 0 Å².